The minimum absolute atomic E-state index is 0.0866. The molecule has 0 atom stereocenters. The molecule has 0 N–H and O–H groups in total. The predicted molar refractivity (Wildman–Crippen MR) is 351 cm³/mol. The second-order valence-corrected chi connectivity index (χ2v) is 31.2. The summed E-state index contributed by atoms with van der Waals surface area (Å²) in [6.07, 6.45) is 2.75. The fourth-order valence-corrected chi connectivity index (χ4v) is 20.4. The minimum atomic E-state index is -4.37. The molecule has 6 aromatic carbocycles. The Kier molecular flexibility index (Phi) is 19.8. The van der Waals surface area contributed by atoms with Gasteiger partial charge in [-0.25, -0.2) is 0 Å². The Morgan fingerprint density at radius 3 is 0.943 bits per heavy atom. The van der Waals surface area contributed by atoms with Crippen molar-refractivity contribution in [3.05, 3.63) is 156 Å². The van der Waals surface area contributed by atoms with Crippen LogP contribution in [0.5, 0.6) is 0 Å². The van der Waals surface area contributed by atoms with Crippen LogP contribution in [0.3, 0.4) is 0 Å². The first-order valence-electron chi connectivity index (χ1n) is 22.7. The standard InChI is InChI=1S/C23H26Br2I2.C17H14Br4.C15H7Br2F3I2/c1-13(2)5-7-23(8-6-14(3)4)17-9-15(26)11-19(24)21(17)22-18(23)10-16(27)12-20(22)25;1-3-17(4-2)11-5-9(18)7-13(20)15(11)16-12(17)6-10(19)8-14(16)21;1-14(15(18,19)20)8-2-6(21)4-10(16)12(8)13-9(14)3-7(22)5-11(13)17/h9-14H,5-8H2,1-4H3;5-8H,3-4H2,1-2H3;2-5H,1H3. The van der Waals surface area contributed by atoms with E-state index < -0.39 is 11.6 Å². The average Bonchev–Trinajstić information content (AvgIpc) is 3.80. The molecule has 0 saturated heterocycles. The molecule has 0 saturated carbocycles. The van der Waals surface area contributed by atoms with E-state index in [4.69, 9.17) is 0 Å². The first-order chi connectivity index (χ1) is 32.7. The van der Waals surface area contributed by atoms with Crippen molar-refractivity contribution in [2.75, 3.05) is 0 Å². The van der Waals surface area contributed by atoms with E-state index in [9.17, 15) is 13.2 Å². The molecule has 3 aliphatic carbocycles. The topological polar surface area (TPSA) is 0 Å². The van der Waals surface area contributed by atoms with Crippen molar-refractivity contribution in [3.8, 4) is 33.4 Å². The molecule has 372 valence electrons. The van der Waals surface area contributed by atoms with Crippen LogP contribution in [0.15, 0.2) is 109 Å². The third-order valence-corrected chi connectivity index (χ3v) is 21.5. The molecular weight excluding hydrogens is 1860 g/mol. The van der Waals surface area contributed by atoms with Crippen LogP contribution >= 0.6 is 218 Å². The van der Waals surface area contributed by atoms with Gasteiger partial charge < -0.3 is 0 Å². The lowest BCUT2D eigenvalue weighted by molar-refractivity contribution is -0.172. The van der Waals surface area contributed by atoms with Crippen LogP contribution in [0.4, 0.5) is 13.2 Å². The van der Waals surface area contributed by atoms with Crippen molar-refractivity contribution < 1.29 is 13.2 Å². The molecule has 9 rings (SSSR count). The lowest BCUT2D eigenvalue weighted by Crippen LogP contribution is -2.39. The van der Waals surface area contributed by atoms with Crippen molar-refractivity contribution in [3.63, 3.8) is 0 Å². The minimum Gasteiger partial charge on any atom is -0.170 e. The van der Waals surface area contributed by atoms with Gasteiger partial charge in [0.25, 0.3) is 0 Å². The number of benzene rings is 6. The molecule has 0 unspecified atom stereocenters. The lowest BCUT2D eigenvalue weighted by Gasteiger charge is -2.34. The molecule has 0 radical (unpaired) electrons. The van der Waals surface area contributed by atoms with E-state index in [1.807, 2.05) is 57.3 Å². The maximum Gasteiger partial charge on any atom is 0.402 e. The first kappa shape index (κ1) is 59.5. The van der Waals surface area contributed by atoms with Gasteiger partial charge >= 0.3 is 6.18 Å². The highest BCUT2D eigenvalue weighted by Crippen LogP contribution is 2.62. The summed E-state index contributed by atoms with van der Waals surface area (Å²) in [6.45, 7) is 15.2. The molecule has 15 heteroatoms. The maximum atomic E-state index is 14.0. The Bertz CT molecular complexity index is 2850. The first-order valence-corrected chi connectivity index (χ1v) is 33.4. The second-order valence-electron chi connectivity index (χ2n) is 19.2. The molecule has 3 aliphatic rings. The lowest BCUT2D eigenvalue weighted by atomic mass is 9.69. The zero-order valence-corrected chi connectivity index (χ0v) is 60.3. The van der Waals surface area contributed by atoms with Gasteiger partial charge in [0.05, 0.1) is 0 Å². The fraction of sp³-hybridized carbons (Fsp3) is 0.345. The predicted octanol–water partition coefficient (Wildman–Crippen LogP) is 24.7. The monoisotopic (exact) mass is 1900 g/mol. The van der Waals surface area contributed by atoms with E-state index in [1.165, 1.54) is 93.2 Å². The zero-order valence-electron chi connectivity index (χ0n) is 39.0. The third kappa shape index (κ3) is 11.1. The molecular formula is C55H47Br8F3I4. The summed E-state index contributed by atoms with van der Waals surface area (Å²) in [7, 11) is 0. The average molecular weight is 1910 g/mol. The van der Waals surface area contributed by atoms with Gasteiger partial charge in [-0.05, 0) is 254 Å². The quantitative estimate of drug-likeness (QED) is 0.133. The Hall–Kier alpha value is 1.87. The summed E-state index contributed by atoms with van der Waals surface area (Å²) < 4.78 is 54.5. The van der Waals surface area contributed by atoms with Gasteiger partial charge in [-0.15, -0.1) is 0 Å². The molecule has 0 amide bonds. The molecule has 70 heavy (non-hydrogen) atoms. The molecule has 0 spiro atoms. The number of hydrogen-bond donors (Lipinski definition) is 0. The summed E-state index contributed by atoms with van der Waals surface area (Å²) in [5.74, 6) is 1.43. The van der Waals surface area contributed by atoms with Crippen molar-refractivity contribution in [1.29, 1.82) is 0 Å². The summed E-state index contributed by atoms with van der Waals surface area (Å²) in [5, 5.41) is 0. The van der Waals surface area contributed by atoms with Crippen LogP contribution in [-0.4, -0.2) is 6.18 Å². The molecule has 0 aliphatic heterocycles. The third-order valence-electron chi connectivity index (χ3n) is 14.3. The largest absolute Gasteiger partial charge is 0.402 e. The van der Waals surface area contributed by atoms with Crippen LogP contribution < -0.4 is 0 Å². The van der Waals surface area contributed by atoms with E-state index in [0.29, 0.717) is 43.0 Å². The van der Waals surface area contributed by atoms with Crippen molar-refractivity contribution in [2.24, 2.45) is 11.8 Å². The van der Waals surface area contributed by atoms with E-state index in [2.05, 4.69) is 263 Å². The Balaban J connectivity index is 0.000000156. The van der Waals surface area contributed by atoms with Gasteiger partial charge in [0.15, 0.2) is 0 Å². The highest BCUT2D eigenvalue weighted by atomic mass is 127. The highest BCUT2D eigenvalue weighted by Gasteiger charge is 2.59. The number of halogens is 15. The van der Waals surface area contributed by atoms with Gasteiger partial charge in [-0.1, -0.05) is 169 Å². The van der Waals surface area contributed by atoms with Crippen LogP contribution in [0, 0.1) is 26.1 Å². The molecule has 0 heterocycles. The van der Waals surface area contributed by atoms with E-state index >= 15 is 0 Å². The number of fused-ring (bicyclic) bond motifs is 9. The van der Waals surface area contributed by atoms with E-state index in [-0.39, 0.29) is 10.8 Å². The SMILES string of the molecule is CC(C)CCC1(CCC(C)C)c2cc(I)cc(Br)c2-c2c(Br)cc(I)cc21.CC1(C(F)(F)F)c2cc(I)cc(Br)c2-c2c(Br)cc(I)cc21.CCC1(CC)c2cc(Br)cc(Br)c2-c2c(Br)cc(Br)cc21. The fourth-order valence-electron chi connectivity index (χ4n) is 10.8. The van der Waals surface area contributed by atoms with Crippen molar-refractivity contribution in [2.45, 2.75) is 109 Å². The Morgan fingerprint density at radius 2 is 0.671 bits per heavy atom. The summed E-state index contributed by atoms with van der Waals surface area (Å²) in [6, 6.07) is 25.2. The van der Waals surface area contributed by atoms with Gasteiger partial charge in [0, 0.05) is 94.3 Å². The molecule has 0 aromatic heterocycles. The van der Waals surface area contributed by atoms with Crippen LogP contribution in [-0.2, 0) is 16.2 Å². The van der Waals surface area contributed by atoms with Gasteiger partial charge in [-0.2, -0.15) is 13.2 Å². The van der Waals surface area contributed by atoms with Gasteiger partial charge in [0.2, 0.25) is 0 Å². The van der Waals surface area contributed by atoms with E-state index in [1.54, 1.807) is 12.1 Å². The normalized spacial score (nSPS) is 15.1. The Morgan fingerprint density at radius 1 is 0.414 bits per heavy atom. The van der Waals surface area contributed by atoms with Crippen LogP contribution in [0.25, 0.3) is 33.4 Å². The number of alkyl halides is 3. The van der Waals surface area contributed by atoms with Gasteiger partial charge in [0.1, 0.15) is 5.41 Å². The molecule has 0 fully saturated rings. The maximum absolute atomic E-state index is 14.0. The highest BCUT2D eigenvalue weighted by molar-refractivity contribution is 14.1. The van der Waals surface area contributed by atoms with Crippen molar-refractivity contribution in [1.82, 2.24) is 0 Å². The smallest absolute Gasteiger partial charge is 0.170 e. The molecule has 0 nitrogen and oxygen atoms in total. The summed E-state index contributed by atoms with van der Waals surface area (Å²) >= 11 is 38.6. The van der Waals surface area contributed by atoms with E-state index in [0.717, 1.165) is 37.9 Å². The van der Waals surface area contributed by atoms with Crippen molar-refractivity contribution >= 4 is 218 Å². The van der Waals surface area contributed by atoms with Crippen LogP contribution in [0.2, 0.25) is 0 Å². The summed E-state index contributed by atoms with van der Waals surface area (Å²) in [4.78, 5) is 0. The molecule has 0 bridgehead atoms. The Labute approximate surface area is 533 Å². The summed E-state index contributed by atoms with van der Waals surface area (Å²) in [5.41, 5.74) is 11.4. The zero-order chi connectivity index (χ0) is 51.7. The number of hydrogen-bond acceptors (Lipinski definition) is 0. The van der Waals surface area contributed by atoms with Gasteiger partial charge in [-0.3, -0.25) is 0 Å². The molecule has 6 aromatic rings. The van der Waals surface area contributed by atoms with Crippen LogP contribution in [0.1, 0.15) is 120 Å². The second kappa shape index (κ2) is 23.3. The number of rotatable bonds is 8.